The van der Waals surface area contributed by atoms with E-state index in [1.807, 2.05) is 20.8 Å². The lowest BCUT2D eigenvalue weighted by atomic mass is 10.0. The Kier molecular flexibility index (Phi) is 5.86. The summed E-state index contributed by atoms with van der Waals surface area (Å²) in [5.41, 5.74) is 0.212. The third kappa shape index (κ3) is 4.36. The van der Waals surface area contributed by atoms with Gasteiger partial charge in [0.1, 0.15) is 4.90 Å². The lowest BCUT2D eigenvalue weighted by molar-refractivity contribution is 0.0928. The first-order valence-electron chi connectivity index (χ1n) is 6.21. The molecule has 20 heavy (non-hydrogen) atoms. The van der Waals surface area contributed by atoms with Crippen LogP contribution in [0.2, 0.25) is 5.02 Å². The Morgan fingerprint density at radius 2 is 1.95 bits per heavy atom. The fourth-order valence-corrected chi connectivity index (χ4v) is 3.11. The van der Waals surface area contributed by atoms with Gasteiger partial charge in [0.2, 0.25) is 0 Å². The largest absolute Gasteiger partial charge is 0.349 e. The number of rotatable bonds is 5. The molecule has 1 aromatic carbocycles. The average Bonchev–Trinajstić information content (AvgIpc) is 2.36. The second kappa shape index (κ2) is 6.78. The molecule has 0 spiro atoms. The molecule has 0 bridgehead atoms. The minimum atomic E-state index is -3.98. The summed E-state index contributed by atoms with van der Waals surface area (Å²) >= 11 is 5.77. The van der Waals surface area contributed by atoms with Crippen LogP contribution in [-0.4, -0.2) is 20.4 Å². The molecule has 0 heterocycles. The van der Waals surface area contributed by atoms with Crippen LogP contribution in [0.4, 0.5) is 0 Å². The van der Waals surface area contributed by atoms with Gasteiger partial charge >= 0.3 is 0 Å². The molecule has 1 aromatic rings. The summed E-state index contributed by atoms with van der Waals surface area (Å²) in [5.74, 6) is -0.0292. The molecule has 1 rings (SSSR count). The highest BCUT2D eigenvalue weighted by Gasteiger charge is 2.19. The highest BCUT2D eigenvalue weighted by Crippen LogP contribution is 2.25. The first-order valence-corrected chi connectivity index (χ1v) is 8.90. The van der Waals surface area contributed by atoms with Gasteiger partial charge < -0.3 is 5.32 Å². The molecule has 0 fully saturated rings. The zero-order chi connectivity index (χ0) is 15.5. The summed E-state index contributed by atoms with van der Waals surface area (Å²) in [6.45, 7) is 5.97. The maximum Gasteiger partial charge on any atom is 0.262 e. The SMILES string of the molecule is CCC(C)C(C)NC(=O)c1ccc(Cl)c(S(=O)(=O)Cl)c1. The number of halogens is 2. The molecule has 7 heteroatoms. The summed E-state index contributed by atoms with van der Waals surface area (Å²) in [6, 6.07) is 3.98. The Hall–Kier alpha value is -0.780. The van der Waals surface area contributed by atoms with Gasteiger partial charge in [0.25, 0.3) is 15.0 Å². The van der Waals surface area contributed by atoms with Crippen molar-refractivity contribution in [1.82, 2.24) is 5.32 Å². The molecule has 0 aliphatic carbocycles. The van der Waals surface area contributed by atoms with E-state index in [9.17, 15) is 13.2 Å². The number of benzene rings is 1. The first-order chi connectivity index (χ1) is 9.16. The van der Waals surface area contributed by atoms with Crippen molar-refractivity contribution in [2.75, 3.05) is 0 Å². The molecule has 4 nitrogen and oxygen atoms in total. The van der Waals surface area contributed by atoms with Gasteiger partial charge in [-0.15, -0.1) is 0 Å². The zero-order valence-electron chi connectivity index (χ0n) is 11.5. The van der Waals surface area contributed by atoms with Gasteiger partial charge in [-0.3, -0.25) is 4.79 Å². The number of carbonyl (C=O) groups excluding carboxylic acids is 1. The summed E-state index contributed by atoms with van der Waals surface area (Å²) in [5, 5.41) is 2.82. The van der Waals surface area contributed by atoms with E-state index in [1.165, 1.54) is 18.2 Å². The fraction of sp³-hybridized carbons (Fsp3) is 0.462. The zero-order valence-corrected chi connectivity index (χ0v) is 13.8. The standard InChI is InChI=1S/C13H17Cl2NO3S/c1-4-8(2)9(3)16-13(17)10-5-6-11(14)12(7-10)20(15,18)19/h5-9H,4H2,1-3H3,(H,16,17). The van der Waals surface area contributed by atoms with Crippen LogP contribution in [0.25, 0.3) is 0 Å². The normalized spacial score (nSPS) is 14.7. The van der Waals surface area contributed by atoms with Crippen molar-refractivity contribution in [3.63, 3.8) is 0 Å². The van der Waals surface area contributed by atoms with E-state index < -0.39 is 9.05 Å². The number of hydrogen-bond donors (Lipinski definition) is 1. The quantitative estimate of drug-likeness (QED) is 0.837. The Bertz CT molecular complexity index is 602. The predicted octanol–water partition coefficient (Wildman–Crippen LogP) is 3.43. The molecular formula is C13H17Cl2NO3S. The van der Waals surface area contributed by atoms with Crippen molar-refractivity contribution >= 4 is 37.2 Å². The van der Waals surface area contributed by atoms with E-state index >= 15 is 0 Å². The van der Waals surface area contributed by atoms with Gasteiger partial charge in [-0.1, -0.05) is 31.9 Å². The Morgan fingerprint density at radius 1 is 1.35 bits per heavy atom. The third-order valence-corrected chi connectivity index (χ3v) is 5.12. The maximum atomic E-state index is 12.1. The monoisotopic (exact) mass is 337 g/mol. The van der Waals surface area contributed by atoms with E-state index in [1.54, 1.807) is 0 Å². The van der Waals surface area contributed by atoms with E-state index in [0.29, 0.717) is 5.92 Å². The van der Waals surface area contributed by atoms with Gasteiger partial charge in [0.15, 0.2) is 0 Å². The smallest absolute Gasteiger partial charge is 0.262 e. The molecule has 0 radical (unpaired) electrons. The maximum absolute atomic E-state index is 12.1. The lowest BCUT2D eigenvalue weighted by Crippen LogP contribution is -2.36. The van der Waals surface area contributed by atoms with E-state index in [2.05, 4.69) is 5.32 Å². The molecule has 2 atom stereocenters. The number of hydrogen-bond acceptors (Lipinski definition) is 3. The van der Waals surface area contributed by atoms with Crippen LogP contribution in [-0.2, 0) is 9.05 Å². The first kappa shape index (κ1) is 17.3. The highest BCUT2D eigenvalue weighted by atomic mass is 35.7. The number of amides is 1. The molecule has 0 saturated carbocycles. The topological polar surface area (TPSA) is 63.2 Å². The summed E-state index contributed by atoms with van der Waals surface area (Å²) in [7, 11) is 1.30. The van der Waals surface area contributed by atoms with Crippen LogP contribution >= 0.6 is 22.3 Å². The van der Waals surface area contributed by atoms with Gasteiger partial charge in [-0.2, -0.15) is 0 Å². The van der Waals surface area contributed by atoms with E-state index in [0.717, 1.165) is 6.42 Å². The third-order valence-electron chi connectivity index (χ3n) is 3.31. The molecule has 0 aliphatic heterocycles. The highest BCUT2D eigenvalue weighted by molar-refractivity contribution is 8.13. The molecule has 0 aliphatic rings. The molecule has 1 amide bonds. The van der Waals surface area contributed by atoms with Crippen molar-refractivity contribution in [3.05, 3.63) is 28.8 Å². The van der Waals surface area contributed by atoms with Gasteiger partial charge in [-0.25, -0.2) is 8.42 Å². The van der Waals surface area contributed by atoms with Crippen LogP contribution in [0, 0.1) is 5.92 Å². The number of carbonyl (C=O) groups is 1. The van der Waals surface area contributed by atoms with Crippen molar-refractivity contribution in [3.8, 4) is 0 Å². The van der Waals surface area contributed by atoms with Gasteiger partial charge in [0, 0.05) is 22.3 Å². The minimum absolute atomic E-state index is 0.00785. The lowest BCUT2D eigenvalue weighted by Gasteiger charge is -2.20. The van der Waals surface area contributed by atoms with Crippen LogP contribution in [0.3, 0.4) is 0 Å². The van der Waals surface area contributed by atoms with Crippen molar-refractivity contribution in [2.45, 2.75) is 38.1 Å². The van der Waals surface area contributed by atoms with Gasteiger partial charge in [-0.05, 0) is 31.0 Å². The van der Waals surface area contributed by atoms with E-state index in [4.69, 9.17) is 22.3 Å². The van der Waals surface area contributed by atoms with Crippen LogP contribution in [0.15, 0.2) is 23.1 Å². The Morgan fingerprint density at radius 3 is 2.45 bits per heavy atom. The number of nitrogens with one attached hydrogen (secondary N) is 1. The second-order valence-electron chi connectivity index (χ2n) is 4.73. The van der Waals surface area contributed by atoms with Crippen molar-refractivity contribution < 1.29 is 13.2 Å². The van der Waals surface area contributed by atoms with Gasteiger partial charge in [0.05, 0.1) is 5.02 Å². The Balaban J connectivity index is 3.01. The Labute approximate surface area is 128 Å². The second-order valence-corrected chi connectivity index (χ2v) is 7.67. The van der Waals surface area contributed by atoms with Crippen LogP contribution in [0.5, 0.6) is 0 Å². The summed E-state index contributed by atoms with van der Waals surface area (Å²) in [6.07, 6.45) is 0.934. The van der Waals surface area contributed by atoms with Crippen molar-refractivity contribution in [2.24, 2.45) is 5.92 Å². The molecule has 1 N–H and O–H groups in total. The molecule has 2 unspecified atom stereocenters. The molecular weight excluding hydrogens is 321 g/mol. The summed E-state index contributed by atoms with van der Waals surface area (Å²) in [4.78, 5) is 11.8. The molecule has 0 aromatic heterocycles. The average molecular weight is 338 g/mol. The fourth-order valence-electron chi connectivity index (χ4n) is 1.62. The predicted molar refractivity (Wildman–Crippen MR) is 80.9 cm³/mol. The van der Waals surface area contributed by atoms with Crippen LogP contribution in [0.1, 0.15) is 37.6 Å². The molecule has 112 valence electrons. The minimum Gasteiger partial charge on any atom is -0.349 e. The van der Waals surface area contributed by atoms with E-state index in [-0.39, 0.29) is 27.4 Å². The van der Waals surface area contributed by atoms with Crippen LogP contribution < -0.4 is 5.32 Å². The summed E-state index contributed by atoms with van der Waals surface area (Å²) < 4.78 is 22.7. The molecule has 0 saturated heterocycles. The van der Waals surface area contributed by atoms with Crippen molar-refractivity contribution in [1.29, 1.82) is 0 Å².